The Morgan fingerprint density at radius 2 is 1.95 bits per heavy atom. The Balaban J connectivity index is 1.26. The lowest BCUT2D eigenvalue weighted by atomic mass is 9.77. The Labute approximate surface area is 229 Å². The maximum absolute atomic E-state index is 13.8. The summed E-state index contributed by atoms with van der Waals surface area (Å²) >= 11 is 6.19. The van der Waals surface area contributed by atoms with Gasteiger partial charge in [-0.25, -0.2) is 10.4 Å². The van der Waals surface area contributed by atoms with Crippen LogP contribution in [-0.4, -0.2) is 60.6 Å². The zero-order chi connectivity index (χ0) is 26.7. The van der Waals surface area contributed by atoms with Gasteiger partial charge < -0.3 is 19.3 Å². The van der Waals surface area contributed by atoms with E-state index in [0.29, 0.717) is 30.6 Å². The topological polar surface area (TPSA) is 83.5 Å². The summed E-state index contributed by atoms with van der Waals surface area (Å²) in [7, 11) is 1.66. The second-order valence-electron chi connectivity index (χ2n) is 10.8. The minimum atomic E-state index is -0.255. The number of quaternary nitrogens is 1. The Morgan fingerprint density at radius 3 is 2.58 bits per heavy atom. The molecule has 2 aromatic rings. The molecular formula is C29H37ClN5O3+. The van der Waals surface area contributed by atoms with E-state index >= 15 is 0 Å². The molecule has 38 heavy (non-hydrogen) atoms. The lowest BCUT2D eigenvalue weighted by molar-refractivity contribution is -0.684. The lowest BCUT2D eigenvalue weighted by Gasteiger charge is -2.36. The molecule has 5 rings (SSSR count). The first-order chi connectivity index (χ1) is 18.3. The molecule has 0 unspecified atom stereocenters. The predicted molar refractivity (Wildman–Crippen MR) is 146 cm³/mol. The first-order valence-electron chi connectivity index (χ1n) is 13.2. The Kier molecular flexibility index (Phi) is 7.81. The number of amides is 1. The molecule has 2 saturated heterocycles. The van der Waals surface area contributed by atoms with Gasteiger partial charge in [-0.2, -0.15) is 5.43 Å². The minimum absolute atomic E-state index is 0.0254. The zero-order valence-corrected chi connectivity index (χ0v) is 23.1. The molecule has 3 aliphatic rings. The van der Waals surface area contributed by atoms with E-state index in [2.05, 4.69) is 39.3 Å². The lowest BCUT2D eigenvalue weighted by Crippen LogP contribution is -2.92. The number of allylic oxidation sites excluding steroid dienone is 2. The minimum Gasteiger partial charge on any atom is -0.477 e. The van der Waals surface area contributed by atoms with Crippen molar-refractivity contribution in [1.82, 2.24) is 20.2 Å². The Morgan fingerprint density at radius 1 is 1.18 bits per heavy atom. The van der Waals surface area contributed by atoms with Crippen LogP contribution in [0.5, 0.6) is 5.88 Å². The number of nitrogens with zero attached hydrogens (tertiary/aromatic N) is 3. The molecule has 202 valence electrons. The van der Waals surface area contributed by atoms with Gasteiger partial charge in [0.1, 0.15) is 0 Å². The predicted octanol–water partition coefficient (Wildman–Crippen LogP) is 3.18. The summed E-state index contributed by atoms with van der Waals surface area (Å²) in [4.78, 5) is 22.5. The van der Waals surface area contributed by atoms with Gasteiger partial charge in [0, 0.05) is 66.8 Å². The molecule has 2 fully saturated rings. The number of pyridine rings is 1. The number of halogens is 1. The van der Waals surface area contributed by atoms with E-state index in [1.807, 2.05) is 55.0 Å². The van der Waals surface area contributed by atoms with Gasteiger partial charge in [-0.3, -0.25) is 4.79 Å². The number of likely N-dealkylation sites (tertiary alicyclic amines) is 2. The summed E-state index contributed by atoms with van der Waals surface area (Å²) in [6.07, 6.45) is 7.48. The monoisotopic (exact) mass is 538 g/mol. The van der Waals surface area contributed by atoms with Gasteiger partial charge in [-0.15, -0.1) is 0 Å². The number of aryl methyl sites for hydroxylation is 1. The molecule has 3 N–H and O–H groups in total. The number of carbonyl (C=O) groups excluding carboxylic acids is 1. The van der Waals surface area contributed by atoms with Crippen molar-refractivity contribution in [2.75, 3.05) is 39.9 Å². The highest BCUT2D eigenvalue weighted by atomic mass is 35.5. The molecule has 1 aromatic heterocycles. The van der Waals surface area contributed by atoms with Crippen LogP contribution in [0.15, 0.2) is 66.5 Å². The maximum Gasteiger partial charge on any atom is 0.312 e. The average molecular weight is 539 g/mol. The Bertz CT molecular complexity index is 1190. The number of methoxy groups -OCH3 is 1. The molecule has 0 spiro atoms. The van der Waals surface area contributed by atoms with Crippen LogP contribution in [0.2, 0.25) is 5.02 Å². The third kappa shape index (κ3) is 5.76. The van der Waals surface area contributed by atoms with Gasteiger partial charge >= 0.3 is 5.88 Å². The highest BCUT2D eigenvalue weighted by Gasteiger charge is 2.47. The van der Waals surface area contributed by atoms with Gasteiger partial charge in [0.25, 0.3) is 0 Å². The molecule has 1 aromatic carbocycles. The van der Waals surface area contributed by atoms with Crippen molar-refractivity contribution in [3.05, 3.63) is 82.6 Å². The fourth-order valence-electron chi connectivity index (χ4n) is 5.70. The van der Waals surface area contributed by atoms with E-state index in [1.54, 1.807) is 7.11 Å². The standard InChI is InChI=1S/C29H36ClN5O3/c1-20-4-10-26(31-16-20)38-19-29(2)18-35(17-24(29)21-5-7-23(30)8-6-21)28(36)22-12-14-34(15-13-22)25-9-11-27(37-3)33-32-25/h4-11,16,22,24,32-33H,12-15,17-19H2,1-3H3/p+1/t24-,29-/m1/s1. The SMILES string of the molecule is COC1=CC=C(N2CCC(C(=O)N3C[C@H](c4ccc(Cl)cc4)[C@@](C)(COc4ccc(C)cn4)C3)CC2)N[NH2+]1. The number of hydrogen-bond acceptors (Lipinski definition) is 6. The van der Waals surface area contributed by atoms with Crippen molar-refractivity contribution in [2.24, 2.45) is 11.3 Å². The summed E-state index contributed by atoms with van der Waals surface area (Å²) in [5, 5.41) is 0.711. The van der Waals surface area contributed by atoms with Crippen LogP contribution in [0, 0.1) is 18.3 Å². The smallest absolute Gasteiger partial charge is 0.312 e. The highest BCUT2D eigenvalue weighted by Crippen LogP contribution is 2.44. The van der Waals surface area contributed by atoms with E-state index < -0.39 is 0 Å². The van der Waals surface area contributed by atoms with E-state index in [0.717, 1.165) is 43.2 Å². The van der Waals surface area contributed by atoms with E-state index in [9.17, 15) is 4.79 Å². The van der Waals surface area contributed by atoms with Crippen LogP contribution in [0.25, 0.3) is 0 Å². The highest BCUT2D eigenvalue weighted by molar-refractivity contribution is 6.30. The number of nitrogens with two attached hydrogens (primary N) is 1. The molecule has 0 bridgehead atoms. The fraction of sp³-hybridized carbons (Fsp3) is 0.448. The first kappa shape index (κ1) is 26.4. The number of benzene rings is 1. The molecule has 0 radical (unpaired) electrons. The molecule has 0 saturated carbocycles. The molecule has 8 nitrogen and oxygen atoms in total. The summed E-state index contributed by atoms with van der Waals surface area (Å²) < 4.78 is 11.4. The van der Waals surface area contributed by atoms with Gasteiger partial charge in [0.05, 0.1) is 13.7 Å². The molecular weight excluding hydrogens is 502 g/mol. The van der Waals surface area contributed by atoms with Crippen LogP contribution in [-0.2, 0) is 9.53 Å². The molecule has 2 atom stereocenters. The summed E-state index contributed by atoms with van der Waals surface area (Å²) in [5.74, 6) is 2.88. The number of rotatable bonds is 7. The number of aromatic nitrogens is 1. The number of nitrogens with one attached hydrogen (secondary N) is 1. The first-order valence-corrected chi connectivity index (χ1v) is 13.6. The number of piperidine rings is 1. The van der Waals surface area contributed by atoms with E-state index in [1.165, 1.54) is 5.56 Å². The second kappa shape index (κ2) is 11.3. The van der Waals surface area contributed by atoms with Crippen molar-refractivity contribution in [2.45, 2.75) is 32.6 Å². The van der Waals surface area contributed by atoms with Crippen LogP contribution in [0.4, 0.5) is 0 Å². The molecule has 9 heteroatoms. The molecule has 4 heterocycles. The molecule has 1 amide bonds. The third-order valence-corrected chi connectivity index (χ3v) is 8.25. The number of carbonyl (C=O) groups is 1. The van der Waals surface area contributed by atoms with E-state index in [4.69, 9.17) is 21.1 Å². The maximum atomic E-state index is 13.8. The molecule has 0 aliphatic carbocycles. The van der Waals surface area contributed by atoms with Crippen LogP contribution >= 0.6 is 11.6 Å². The van der Waals surface area contributed by atoms with Crippen molar-refractivity contribution < 1.29 is 19.7 Å². The van der Waals surface area contributed by atoms with Gasteiger partial charge in [0.2, 0.25) is 11.8 Å². The van der Waals surface area contributed by atoms with Crippen LogP contribution < -0.4 is 15.6 Å². The summed E-state index contributed by atoms with van der Waals surface area (Å²) in [5.41, 5.74) is 7.18. The average Bonchev–Trinajstić information content (AvgIpc) is 3.30. The summed E-state index contributed by atoms with van der Waals surface area (Å²) in [6.45, 7) is 7.71. The molecule has 3 aliphatic heterocycles. The van der Waals surface area contributed by atoms with Crippen molar-refractivity contribution >= 4 is 17.5 Å². The van der Waals surface area contributed by atoms with Crippen LogP contribution in [0.1, 0.15) is 36.8 Å². The van der Waals surface area contributed by atoms with Crippen molar-refractivity contribution in [1.29, 1.82) is 0 Å². The number of hydrogen-bond donors (Lipinski definition) is 2. The van der Waals surface area contributed by atoms with Gasteiger partial charge in [0.15, 0.2) is 5.82 Å². The summed E-state index contributed by atoms with van der Waals surface area (Å²) in [6, 6.07) is 11.9. The Hall–Kier alpha value is -3.23. The third-order valence-electron chi connectivity index (χ3n) is 8.00. The number of ether oxygens (including phenoxy) is 2. The van der Waals surface area contributed by atoms with Crippen molar-refractivity contribution in [3.63, 3.8) is 0 Å². The zero-order valence-electron chi connectivity index (χ0n) is 22.3. The van der Waals surface area contributed by atoms with E-state index in [-0.39, 0.29) is 23.2 Å². The second-order valence-corrected chi connectivity index (χ2v) is 11.3. The van der Waals surface area contributed by atoms with Gasteiger partial charge in [-0.1, -0.05) is 36.7 Å². The van der Waals surface area contributed by atoms with Crippen LogP contribution in [0.3, 0.4) is 0 Å². The van der Waals surface area contributed by atoms with Crippen molar-refractivity contribution in [3.8, 4) is 5.88 Å². The fourth-order valence-corrected chi connectivity index (χ4v) is 5.82. The van der Waals surface area contributed by atoms with Gasteiger partial charge in [-0.05, 0) is 49.1 Å². The normalized spacial score (nSPS) is 23.9. The largest absolute Gasteiger partial charge is 0.477 e. The quantitative estimate of drug-likeness (QED) is 0.527.